The van der Waals surface area contributed by atoms with Crippen LogP contribution in [-0.4, -0.2) is 25.3 Å². The maximum absolute atomic E-state index is 11.2. The normalized spacial score (nSPS) is 22.7. The number of ether oxygens (including phenoxy) is 3. The molecule has 2 unspecified atom stereocenters. The molecule has 0 aliphatic carbocycles. The number of hydrogen-bond donors (Lipinski definition) is 0. The molecule has 96 valence electrons. The Hall–Kier alpha value is -1.65. The number of hydrogen-bond acceptors (Lipinski definition) is 4. The van der Waals surface area contributed by atoms with Crippen LogP contribution in [0.15, 0.2) is 42.5 Å². The van der Waals surface area contributed by atoms with Gasteiger partial charge in [-0.3, -0.25) is 0 Å². The molecule has 1 heterocycles. The fraction of sp³-hybridized carbons (Fsp3) is 0.357. The van der Waals surface area contributed by atoms with E-state index in [2.05, 4.69) is 6.58 Å². The van der Waals surface area contributed by atoms with E-state index in [1.165, 1.54) is 0 Å². The van der Waals surface area contributed by atoms with Crippen molar-refractivity contribution < 1.29 is 19.0 Å². The lowest BCUT2D eigenvalue weighted by atomic mass is 10.2. The van der Waals surface area contributed by atoms with E-state index >= 15 is 0 Å². The zero-order valence-electron chi connectivity index (χ0n) is 10.3. The van der Waals surface area contributed by atoms with Gasteiger partial charge in [0.1, 0.15) is 12.7 Å². The maximum Gasteiger partial charge on any atom is 0.333 e. The van der Waals surface area contributed by atoms with Crippen LogP contribution in [0.4, 0.5) is 0 Å². The molecule has 1 aromatic carbocycles. The van der Waals surface area contributed by atoms with Crippen molar-refractivity contribution >= 4 is 5.97 Å². The zero-order valence-corrected chi connectivity index (χ0v) is 10.3. The summed E-state index contributed by atoms with van der Waals surface area (Å²) < 4.78 is 16.2. The summed E-state index contributed by atoms with van der Waals surface area (Å²) in [5.74, 6) is -0.401. The molecule has 0 amide bonds. The standard InChI is InChI=1S/C14H16O4/c1-10(2)13(15)16-8-12-9-17-14(18-12)11-6-4-3-5-7-11/h3-7,12,14H,1,8-9H2,2H3. The van der Waals surface area contributed by atoms with Crippen molar-refractivity contribution in [2.75, 3.05) is 13.2 Å². The summed E-state index contributed by atoms with van der Waals surface area (Å²) in [7, 11) is 0. The van der Waals surface area contributed by atoms with Gasteiger partial charge < -0.3 is 14.2 Å². The van der Waals surface area contributed by atoms with E-state index in [0.29, 0.717) is 12.2 Å². The van der Waals surface area contributed by atoms with Gasteiger partial charge in [0.15, 0.2) is 6.29 Å². The van der Waals surface area contributed by atoms with E-state index in [0.717, 1.165) is 5.56 Å². The molecular weight excluding hydrogens is 232 g/mol. The predicted octanol–water partition coefficient (Wildman–Crippen LogP) is 2.22. The third kappa shape index (κ3) is 3.18. The third-order valence-electron chi connectivity index (χ3n) is 2.57. The van der Waals surface area contributed by atoms with Gasteiger partial charge in [-0.1, -0.05) is 36.9 Å². The van der Waals surface area contributed by atoms with Gasteiger partial charge in [0, 0.05) is 11.1 Å². The van der Waals surface area contributed by atoms with Gasteiger partial charge in [0.25, 0.3) is 0 Å². The molecule has 0 saturated carbocycles. The summed E-state index contributed by atoms with van der Waals surface area (Å²) >= 11 is 0. The second-order valence-electron chi connectivity index (χ2n) is 4.21. The first kappa shape index (κ1) is 12.8. The Bertz CT molecular complexity index is 427. The van der Waals surface area contributed by atoms with Gasteiger partial charge in [-0.2, -0.15) is 0 Å². The highest BCUT2D eigenvalue weighted by molar-refractivity contribution is 5.86. The molecule has 4 nitrogen and oxygen atoms in total. The van der Waals surface area contributed by atoms with Crippen LogP contribution in [-0.2, 0) is 19.0 Å². The van der Waals surface area contributed by atoms with E-state index in [9.17, 15) is 4.79 Å². The lowest BCUT2D eigenvalue weighted by molar-refractivity contribution is -0.143. The van der Waals surface area contributed by atoms with Crippen molar-refractivity contribution in [2.45, 2.75) is 19.3 Å². The molecule has 0 aromatic heterocycles. The SMILES string of the molecule is C=C(C)C(=O)OCC1COC(c2ccccc2)O1. The highest BCUT2D eigenvalue weighted by atomic mass is 16.7. The minimum Gasteiger partial charge on any atom is -0.459 e. The van der Waals surface area contributed by atoms with Crippen LogP contribution in [0.25, 0.3) is 0 Å². The Morgan fingerprint density at radius 3 is 2.83 bits per heavy atom. The summed E-state index contributed by atoms with van der Waals surface area (Å²) in [6, 6.07) is 9.66. The van der Waals surface area contributed by atoms with Crippen LogP contribution in [0.1, 0.15) is 18.8 Å². The number of carbonyl (C=O) groups is 1. The number of benzene rings is 1. The summed E-state index contributed by atoms with van der Waals surface area (Å²) in [4.78, 5) is 11.2. The molecule has 0 N–H and O–H groups in total. The second kappa shape index (κ2) is 5.80. The summed E-state index contributed by atoms with van der Waals surface area (Å²) in [5.41, 5.74) is 1.35. The average Bonchev–Trinajstić information content (AvgIpc) is 2.85. The van der Waals surface area contributed by atoms with Gasteiger partial charge in [-0.05, 0) is 6.92 Å². The van der Waals surface area contributed by atoms with Crippen molar-refractivity contribution in [3.63, 3.8) is 0 Å². The molecular formula is C14H16O4. The Balaban J connectivity index is 1.82. The lowest BCUT2D eigenvalue weighted by Crippen LogP contribution is -2.20. The first-order valence-electron chi connectivity index (χ1n) is 5.81. The summed E-state index contributed by atoms with van der Waals surface area (Å²) in [6.07, 6.45) is -0.599. The first-order chi connectivity index (χ1) is 8.66. The topological polar surface area (TPSA) is 44.8 Å². The largest absolute Gasteiger partial charge is 0.459 e. The average molecular weight is 248 g/mol. The Morgan fingerprint density at radius 2 is 2.17 bits per heavy atom. The Kier molecular flexibility index (Phi) is 4.12. The molecule has 4 heteroatoms. The Labute approximate surface area is 106 Å². The van der Waals surface area contributed by atoms with Gasteiger partial charge in [0.05, 0.1) is 6.61 Å². The number of rotatable bonds is 4. The van der Waals surface area contributed by atoms with Crippen LogP contribution >= 0.6 is 0 Å². The lowest BCUT2D eigenvalue weighted by Gasteiger charge is -2.12. The number of esters is 1. The van der Waals surface area contributed by atoms with E-state index in [1.54, 1.807) is 6.92 Å². The highest BCUT2D eigenvalue weighted by Gasteiger charge is 2.28. The first-order valence-corrected chi connectivity index (χ1v) is 5.81. The molecule has 1 saturated heterocycles. The molecule has 2 atom stereocenters. The zero-order chi connectivity index (χ0) is 13.0. The van der Waals surface area contributed by atoms with Crippen molar-refractivity contribution in [3.05, 3.63) is 48.0 Å². The van der Waals surface area contributed by atoms with E-state index in [1.807, 2.05) is 30.3 Å². The van der Waals surface area contributed by atoms with Crippen LogP contribution in [0.3, 0.4) is 0 Å². The molecule has 0 bridgehead atoms. The minimum absolute atomic E-state index is 0.190. The van der Waals surface area contributed by atoms with Crippen molar-refractivity contribution in [3.8, 4) is 0 Å². The van der Waals surface area contributed by atoms with E-state index in [4.69, 9.17) is 14.2 Å². The molecule has 1 aliphatic heterocycles. The fourth-order valence-corrected chi connectivity index (χ4v) is 1.61. The molecule has 0 spiro atoms. The Morgan fingerprint density at radius 1 is 1.44 bits per heavy atom. The van der Waals surface area contributed by atoms with Gasteiger partial charge in [-0.25, -0.2) is 4.79 Å². The van der Waals surface area contributed by atoms with Crippen LogP contribution in [0, 0.1) is 0 Å². The quantitative estimate of drug-likeness (QED) is 0.605. The van der Waals surface area contributed by atoms with E-state index < -0.39 is 5.97 Å². The molecule has 18 heavy (non-hydrogen) atoms. The van der Waals surface area contributed by atoms with Crippen LogP contribution in [0.5, 0.6) is 0 Å². The van der Waals surface area contributed by atoms with Crippen molar-refractivity contribution in [2.24, 2.45) is 0 Å². The molecule has 2 rings (SSSR count). The summed E-state index contributed by atoms with van der Waals surface area (Å²) in [6.45, 7) is 5.74. The highest BCUT2D eigenvalue weighted by Crippen LogP contribution is 2.26. The minimum atomic E-state index is -0.401. The molecule has 1 aliphatic rings. The maximum atomic E-state index is 11.2. The predicted molar refractivity (Wildman–Crippen MR) is 65.8 cm³/mol. The van der Waals surface area contributed by atoms with E-state index in [-0.39, 0.29) is 19.0 Å². The fourth-order valence-electron chi connectivity index (χ4n) is 1.61. The van der Waals surface area contributed by atoms with Crippen molar-refractivity contribution in [1.29, 1.82) is 0 Å². The van der Waals surface area contributed by atoms with Crippen LogP contribution in [0.2, 0.25) is 0 Å². The smallest absolute Gasteiger partial charge is 0.333 e. The number of carbonyl (C=O) groups excluding carboxylic acids is 1. The third-order valence-corrected chi connectivity index (χ3v) is 2.57. The van der Waals surface area contributed by atoms with Crippen LogP contribution < -0.4 is 0 Å². The van der Waals surface area contributed by atoms with Gasteiger partial charge in [-0.15, -0.1) is 0 Å². The molecule has 1 aromatic rings. The monoisotopic (exact) mass is 248 g/mol. The molecule has 1 fully saturated rings. The van der Waals surface area contributed by atoms with Gasteiger partial charge in [0.2, 0.25) is 0 Å². The summed E-state index contributed by atoms with van der Waals surface area (Å²) in [5, 5.41) is 0. The second-order valence-corrected chi connectivity index (χ2v) is 4.21. The molecule has 0 radical (unpaired) electrons. The van der Waals surface area contributed by atoms with Gasteiger partial charge >= 0.3 is 5.97 Å². The van der Waals surface area contributed by atoms with Crippen molar-refractivity contribution in [1.82, 2.24) is 0 Å².